The van der Waals surface area contributed by atoms with Crippen molar-refractivity contribution in [1.82, 2.24) is 4.90 Å². The molecule has 2 heteroatoms. The van der Waals surface area contributed by atoms with Gasteiger partial charge < -0.3 is 9.64 Å². The van der Waals surface area contributed by atoms with Gasteiger partial charge in [0.1, 0.15) is 0 Å². The zero-order valence-electron chi connectivity index (χ0n) is 11.3. The lowest BCUT2D eigenvalue weighted by Crippen LogP contribution is -2.43. The Morgan fingerprint density at radius 3 is 1.64 bits per heavy atom. The molecule has 0 radical (unpaired) electrons. The van der Waals surface area contributed by atoms with Gasteiger partial charge in [0, 0.05) is 13.2 Å². The van der Waals surface area contributed by atoms with Crippen LogP contribution in [0.15, 0.2) is 0 Å². The highest BCUT2D eigenvalue weighted by molar-refractivity contribution is 4.78. The maximum atomic E-state index is 5.44. The monoisotopic (exact) mass is 203 g/mol. The van der Waals surface area contributed by atoms with Crippen molar-refractivity contribution < 1.29 is 4.74 Å². The van der Waals surface area contributed by atoms with Crippen LogP contribution in [0, 0.1) is 5.92 Å². The maximum absolute atomic E-state index is 5.44. The van der Waals surface area contributed by atoms with Gasteiger partial charge in [-0.25, -0.2) is 0 Å². The second-order valence-corrected chi connectivity index (χ2v) is 3.88. The predicted octanol–water partition coefficient (Wildman–Crippen LogP) is 3.02. The SMILES string of the molecule is CC.CC[C@H](OC)[C@@H](C(C)C)N(C)C. The first-order valence-corrected chi connectivity index (χ1v) is 5.73. The number of hydrogen-bond acceptors (Lipinski definition) is 2. The fourth-order valence-electron chi connectivity index (χ4n) is 1.91. The average Bonchev–Trinajstić information content (AvgIpc) is 2.15. The van der Waals surface area contributed by atoms with Gasteiger partial charge in [-0.15, -0.1) is 0 Å². The van der Waals surface area contributed by atoms with Gasteiger partial charge in [-0.3, -0.25) is 0 Å². The van der Waals surface area contributed by atoms with Crippen LogP contribution in [-0.4, -0.2) is 38.3 Å². The van der Waals surface area contributed by atoms with Crippen LogP contribution in [0.2, 0.25) is 0 Å². The normalized spacial score (nSPS) is 15.0. The molecule has 0 aliphatic carbocycles. The first kappa shape index (κ1) is 16.4. The molecule has 14 heavy (non-hydrogen) atoms. The minimum absolute atomic E-state index is 0.361. The number of rotatable bonds is 5. The number of ether oxygens (including phenoxy) is 1. The Bertz CT molecular complexity index is 101. The molecule has 0 spiro atoms. The summed E-state index contributed by atoms with van der Waals surface area (Å²) in [6.07, 6.45) is 1.44. The smallest absolute Gasteiger partial charge is 0.0726 e. The Balaban J connectivity index is 0. The zero-order chi connectivity index (χ0) is 11.7. The molecule has 0 saturated heterocycles. The van der Waals surface area contributed by atoms with E-state index in [-0.39, 0.29) is 0 Å². The maximum Gasteiger partial charge on any atom is 0.0726 e. The second-order valence-electron chi connectivity index (χ2n) is 3.88. The van der Waals surface area contributed by atoms with Crippen molar-refractivity contribution in [1.29, 1.82) is 0 Å². The summed E-state index contributed by atoms with van der Waals surface area (Å²) in [6, 6.07) is 0.528. The number of likely N-dealkylation sites (N-methyl/N-ethyl adjacent to an activating group) is 1. The van der Waals surface area contributed by atoms with Crippen LogP contribution in [-0.2, 0) is 4.74 Å². The molecule has 0 heterocycles. The number of nitrogens with zero attached hydrogens (tertiary/aromatic N) is 1. The first-order chi connectivity index (χ1) is 6.54. The molecule has 0 aliphatic heterocycles. The fourth-order valence-corrected chi connectivity index (χ4v) is 1.91. The molecular formula is C12H29NO. The van der Waals surface area contributed by atoms with E-state index in [2.05, 4.69) is 39.8 Å². The molecule has 0 fully saturated rings. The minimum Gasteiger partial charge on any atom is -0.380 e. The zero-order valence-corrected chi connectivity index (χ0v) is 11.3. The van der Waals surface area contributed by atoms with Crippen LogP contribution in [0.5, 0.6) is 0 Å². The van der Waals surface area contributed by atoms with E-state index in [4.69, 9.17) is 4.74 Å². The molecule has 0 aromatic carbocycles. The number of hydrogen-bond donors (Lipinski definition) is 0. The van der Waals surface area contributed by atoms with E-state index in [9.17, 15) is 0 Å². The van der Waals surface area contributed by atoms with Gasteiger partial charge in [-0.1, -0.05) is 34.6 Å². The number of methoxy groups -OCH3 is 1. The molecule has 2 atom stereocenters. The standard InChI is InChI=1S/C10H23NO.C2H6/c1-7-9(12-6)10(8(2)3)11(4)5;1-2/h8-10H,7H2,1-6H3;1-2H3/t9-,10+;/m0./s1. The van der Waals surface area contributed by atoms with Gasteiger partial charge in [-0.2, -0.15) is 0 Å². The Labute approximate surface area is 90.6 Å². The molecule has 0 bridgehead atoms. The van der Waals surface area contributed by atoms with E-state index in [1.54, 1.807) is 7.11 Å². The van der Waals surface area contributed by atoms with Gasteiger partial charge in [0.25, 0.3) is 0 Å². The van der Waals surface area contributed by atoms with E-state index in [1.807, 2.05) is 13.8 Å². The summed E-state index contributed by atoms with van der Waals surface area (Å²) >= 11 is 0. The Hall–Kier alpha value is -0.0800. The summed E-state index contributed by atoms with van der Waals surface area (Å²) in [5.41, 5.74) is 0. The van der Waals surface area contributed by atoms with Crippen LogP contribution in [0.3, 0.4) is 0 Å². The van der Waals surface area contributed by atoms with Crippen molar-refractivity contribution in [3.63, 3.8) is 0 Å². The summed E-state index contributed by atoms with van der Waals surface area (Å²) in [5.74, 6) is 0.643. The highest BCUT2D eigenvalue weighted by Crippen LogP contribution is 2.16. The molecule has 0 rings (SSSR count). The van der Waals surface area contributed by atoms with Crippen molar-refractivity contribution >= 4 is 0 Å². The lowest BCUT2D eigenvalue weighted by atomic mass is 9.96. The molecule has 0 aromatic rings. The molecule has 0 unspecified atom stereocenters. The van der Waals surface area contributed by atoms with Crippen LogP contribution >= 0.6 is 0 Å². The lowest BCUT2D eigenvalue weighted by molar-refractivity contribution is 0.0108. The minimum atomic E-state index is 0.361. The molecular weight excluding hydrogens is 174 g/mol. The summed E-state index contributed by atoms with van der Waals surface area (Å²) in [7, 11) is 6.03. The summed E-state index contributed by atoms with van der Waals surface area (Å²) in [4.78, 5) is 2.25. The molecule has 0 N–H and O–H groups in total. The molecule has 0 aliphatic rings. The molecule has 2 nitrogen and oxygen atoms in total. The van der Waals surface area contributed by atoms with Gasteiger partial charge in [-0.05, 0) is 26.4 Å². The second kappa shape index (κ2) is 9.47. The van der Waals surface area contributed by atoms with Crippen molar-refractivity contribution in [2.75, 3.05) is 21.2 Å². The summed E-state index contributed by atoms with van der Waals surface area (Å²) in [6.45, 7) is 10.7. The van der Waals surface area contributed by atoms with E-state index in [0.717, 1.165) is 6.42 Å². The Morgan fingerprint density at radius 2 is 1.57 bits per heavy atom. The highest BCUT2D eigenvalue weighted by atomic mass is 16.5. The van der Waals surface area contributed by atoms with Crippen molar-refractivity contribution in [3.8, 4) is 0 Å². The third-order valence-electron chi connectivity index (χ3n) is 2.37. The Morgan fingerprint density at radius 1 is 1.14 bits per heavy atom. The van der Waals surface area contributed by atoms with E-state index >= 15 is 0 Å². The van der Waals surface area contributed by atoms with Crippen molar-refractivity contribution in [2.45, 2.75) is 53.2 Å². The van der Waals surface area contributed by atoms with Crippen molar-refractivity contribution in [3.05, 3.63) is 0 Å². The summed E-state index contributed by atoms with van der Waals surface area (Å²) in [5, 5.41) is 0. The average molecular weight is 203 g/mol. The quantitative estimate of drug-likeness (QED) is 0.681. The lowest BCUT2D eigenvalue weighted by Gasteiger charge is -2.33. The van der Waals surface area contributed by atoms with E-state index in [0.29, 0.717) is 18.1 Å². The van der Waals surface area contributed by atoms with E-state index < -0.39 is 0 Å². The van der Waals surface area contributed by atoms with Crippen LogP contribution in [0.1, 0.15) is 41.0 Å². The van der Waals surface area contributed by atoms with Gasteiger partial charge in [0.05, 0.1) is 6.10 Å². The molecule has 0 amide bonds. The first-order valence-electron chi connectivity index (χ1n) is 5.73. The van der Waals surface area contributed by atoms with E-state index in [1.165, 1.54) is 0 Å². The Kier molecular flexibility index (Phi) is 11.1. The fraction of sp³-hybridized carbons (Fsp3) is 1.00. The highest BCUT2D eigenvalue weighted by Gasteiger charge is 2.24. The molecule has 88 valence electrons. The largest absolute Gasteiger partial charge is 0.380 e. The predicted molar refractivity (Wildman–Crippen MR) is 64.7 cm³/mol. The molecule has 0 aromatic heterocycles. The van der Waals surface area contributed by atoms with Crippen LogP contribution < -0.4 is 0 Å². The van der Waals surface area contributed by atoms with Crippen LogP contribution in [0.25, 0.3) is 0 Å². The van der Waals surface area contributed by atoms with Gasteiger partial charge >= 0.3 is 0 Å². The topological polar surface area (TPSA) is 12.5 Å². The van der Waals surface area contributed by atoms with Crippen molar-refractivity contribution in [2.24, 2.45) is 5.92 Å². The third kappa shape index (κ3) is 5.61. The summed E-state index contributed by atoms with van der Waals surface area (Å²) < 4.78 is 5.44. The van der Waals surface area contributed by atoms with Crippen LogP contribution in [0.4, 0.5) is 0 Å². The third-order valence-corrected chi connectivity index (χ3v) is 2.37. The van der Waals surface area contributed by atoms with Gasteiger partial charge in [0.15, 0.2) is 0 Å². The molecule has 0 saturated carbocycles. The van der Waals surface area contributed by atoms with Gasteiger partial charge in [0.2, 0.25) is 0 Å².